The fourth-order valence-corrected chi connectivity index (χ4v) is 3.59. The maximum Gasteiger partial charge on any atom is 0.303 e. The first kappa shape index (κ1) is 11.1. The average Bonchev–Trinajstić information content (AvgIpc) is 2.96. The van der Waals surface area contributed by atoms with E-state index in [4.69, 9.17) is 5.11 Å². The molecule has 1 fully saturated rings. The number of thioether (sulfide) groups is 1. The fraction of sp³-hybridized carbons (Fsp3) is 0.750. The van der Waals surface area contributed by atoms with Crippen molar-refractivity contribution in [2.75, 3.05) is 5.75 Å². The van der Waals surface area contributed by atoms with Gasteiger partial charge in [-0.3, -0.25) is 4.79 Å². The Morgan fingerprint density at radius 1 is 1.53 bits per heavy atom. The van der Waals surface area contributed by atoms with Crippen molar-refractivity contribution in [3.8, 4) is 0 Å². The van der Waals surface area contributed by atoms with E-state index in [0.29, 0.717) is 11.7 Å². The van der Waals surface area contributed by atoms with Crippen LogP contribution in [0.15, 0.2) is 12.2 Å². The molecule has 2 aliphatic rings. The van der Waals surface area contributed by atoms with Crippen molar-refractivity contribution in [2.45, 2.75) is 43.8 Å². The van der Waals surface area contributed by atoms with E-state index >= 15 is 0 Å². The first-order valence-corrected chi connectivity index (χ1v) is 6.75. The number of rotatable bonds is 5. The largest absolute Gasteiger partial charge is 0.481 e. The quantitative estimate of drug-likeness (QED) is 0.732. The minimum Gasteiger partial charge on any atom is -0.481 e. The highest BCUT2D eigenvalue weighted by Gasteiger charge is 2.44. The summed E-state index contributed by atoms with van der Waals surface area (Å²) in [7, 11) is 0. The number of allylic oxidation sites excluding steroid dienone is 1. The molecule has 1 N–H and O–H groups in total. The van der Waals surface area contributed by atoms with Crippen LogP contribution in [0.3, 0.4) is 0 Å². The Balaban J connectivity index is 1.75. The SMILES string of the molecule is O=C(O)CC1(CSC2C=CCCC2)CC1. The van der Waals surface area contributed by atoms with Gasteiger partial charge in [-0.2, -0.15) is 11.8 Å². The fourth-order valence-electron chi connectivity index (χ4n) is 2.07. The van der Waals surface area contributed by atoms with Gasteiger partial charge in [0.2, 0.25) is 0 Å². The molecule has 0 bridgehead atoms. The third kappa shape index (κ3) is 3.26. The van der Waals surface area contributed by atoms with Crippen molar-refractivity contribution in [3.05, 3.63) is 12.2 Å². The summed E-state index contributed by atoms with van der Waals surface area (Å²) in [6.07, 6.45) is 10.9. The van der Waals surface area contributed by atoms with Crippen molar-refractivity contribution in [1.29, 1.82) is 0 Å². The molecule has 2 rings (SSSR count). The third-order valence-corrected chi connectivity index (χ3v) is 4.90. The van der Waals surface area contributed by atoms with Gasteiger partial charge >= 0.3 is 5.97 Å². The minimum atomic E-state index is -0.632. The Hall–Kier alpha value is -0.440. The second kappa shape index (κ2) is 4.60. The Morgan fingerprint density at radius 2 is 2.33 bits per heavy atom. The summed E-state index contributed by atoms with van der Waals surface area (Å²) in [5, 5.41) is 9.45. The zero-order valence-corrected chi connectivity index (χ0v) is 9.76. The van der Waals surface area contributed by atoms with Gasteiger partial charge in [-0.05, 0) is 37.5 Å². The molecule has 0 saturated heterocycles. The summed E-state index contributed by atoms with van der Waals surface area (Å²) in [4.78, 5) is 10.7. The molecule has 0 radical (unpaired) electrons. The van der Waals surface area contributed by atoms with E-state index in [1.54, 1.807) is 0 Å². The summed E-state index contributed by atoms with van der Waals surface area (Å²) in [6.45, 7) is 0. The molecule has 0 amide bonds. The Kier molecular flexibility index (Phi) is 3.39. The van der Waals surface area contributed by atoms with E-state index in [1.165, 1.54) is 19.3 Å². The number of carbonyl (C=O) groups is 1. The van der Waals surface area contributed by atoms with E-state index in [2.05, 4.69) is 12.2 Å². The standard InChI is InChI=1S/C12H18O2S/c13-11(14)8-12(6-7-12)9-15-10-4-2-1-3-5-10/h2,4,10H,1,3,5-9H2,(H,13,14). The van der Waals surface area contributed by atoms with Gasteiger partial charge in [0.15, 0.2) is 0 Å². The van der Waals surface area contributed by atoms with Gasteiger partial charge in [-0.1, -0.05) is 12.2 Å². The predicted molar refractivity (Wildman–Crippen MR) is 63.2 cm³/mol. The molecule has 15 heavy (non-hydrogen) atoms. The van der Waals surface area contributed by atoms with Crippen LogP contribution in [0.1, 0.15) is 38.5 Å². The molecule has 0 spiro atoms. The summed E-state index contributed by atoms with van der Waals surface area (Å²) >= 11 is 1.96. The monoisotopic (exact) mass is 226 g/mol. The zero-order valence-electron chi connectivity index (χ0n) is 8.95. The van der Waals surface area contributed by atoms with Gasteiger partial charge in [-0.25, -0.2) is 0 Å². The average molecular weight is 226 g/mol. The highest BCUT2D eigenvalue weighted by molar-refractivity contribution is 8.00. The zero-order chi connectivity index (χ0) is 10.7. The lowest BCUT2D eigenvalue weighted by atomic mass is 10.1. The van der Waals surface area contributed by atoms with Crippen LogP contribution >= 0.6 is 11.8 Å². The first-order chi connectivity index (χ1) is 7.20. The smallest absolute Gasteiger partial charge is 0.303 e. The summed E-state index contributed by atoms with van der Waals surface area (Å²) in [5.41, 5.74) is 0.155. The van der Waals surface area contributed by atoms with Gasteiger partial charge in [0.05, 0.1) is 6.42 Å². The number of carboxylic acids is 1. The van der Waals surface area contributed by atoms with Crippen LogP contribution in [0.25, 0.3) is 0 Å². The van der Waals surface area contributed by atoms with Crippen LogP contribution in [-0.2, 0) is 4.79 Å². The lowest BCUT2D eigenvalue weighted by molar-refractivity contribution is -0.138. The molecule has 1 atom stereocenters. The highest BCUT2D eigenvalue weighted by Crippen LogP contribution is 2.51. The number of carboxylic acid groups (broad SMARTS) is 1. The highest BCUT2D eigenvalue weighted by atomic mass is 32.2. The van der Waals surface area contributed by atoms with Crippen molar-refractivity contribution < 1.29 is 9.90 Å². The van der Waals surface area contributed by atoms with Gasteiger partial charge in [0.1, 0.15) is 0 Å². The Bertz CT molecular complexity index is 269. The van der Waals surface area contributed by atoms with Crippen molar-refractivity contribution in [2.24, 2.45) is 5.41 Å². The summed E-state index contributed by atoms with van der Waals surface area (Å²) in [5.74, 6) is 0.404. The summed E-state index contributed by atoms with van der Waals surface area (Å²) in [6, 6.07) is 0. The van der Waals surface area contributed by atoms with Crippen molar-refractivity contribution >= 4 is 17.7 Å². The molecule has 0 aromatic rings. The van der Waals surface area contributed by atoms with Crippen molar-refractivity contribution in [3.63, 3.8) is 0 Å². The van der Waals surface area contributed by atoms with Gasteiger partial charge in [0, 0.05) is 11.0 Å². The number of hydrogen-bond acceptors (Lipinski definition) is 2. The van der Waals surface area contributed by atoms with E-state index in [0.717, 1.165) is 18.6 Å². The van der Waals surface area contributed by atoms with Crippen LogP contribution in [0.5, 0.6) is 0 Å². The molecule has 0 aliphatic heterocycles. The van der Waals surface area contributed by atoms with E-state index in [9.17, 15) is 4.79 Å². The van der Waals surface area contributed by atoms with E-state index in [-0.39, 0.29) is 5.41 Å². The molecule has 0 heterocycles. The molecule has 0 aromatic heterocycles. The molecule has 2 aliphatic carbocycles. The van der Waals surface area contributed by atoms with Crippen LogP contribution in [0.4, 0.5) is 0 Å². The maximum absolute atomic E-state index is 10.7. The molecule has 3 heteroatoms. The molecule has 1 unspecified atom stereocenters. The molecular weight excluding hydrogens is 208 g/mol. The third-order valence-electron chi connectivity index (χ3n) is 3.30. The number of hydrogen-bond donors (Lipinski definition) is 1. The van der Waals surface area contributed by atoms with Crippen LogP contribution in [0, 0.1) is 5.41 Å². The lowest BCUT2D eigenvalue weighted by Gasteiger charge is -2.19. The topological polar surface area (TPSA) is 37.3 Å². The van der Waals surface area contributed by atoms with E-state index in [1.807, 2.05) is 11.8 Å². The molecule has 1 saturated carbocycles. The normalized spacial score (nSPS) is 27.6. The van der Waals surface area contributed by atoms with E-state index < -0.39 is 5.97 Å². The molecular formula is C12H18O2S. The number of aliphatic carboxylic acids is 1. The minimum absolute atomic E-state index is 0.155. The maximum atomic E-state index is 10.7. The molecule has 2 nitrogen and oxygen atoms in total. The molecule has 84 valence electrons. The Labute approximate surface area is 95.1 Å². The first-order valence-electron chi connectivity index (χ1n) is 5.70. The molecule has 0 aromatic carbocycles. The second-order valence-electron chi connectivity index (χ2n) is 4.78. The van der Waals surface area contributed by atoms with Crippen LogP contribution in [0.2, 0.25) is 0 Å². The van der Waals surface area contributed by atoms with Crippen molar-refractivity contribution in [1.82, 2.24) is 0 Å². The van der Waals surface area contributed by atoms with Gasteiger partial charge < -0.3 is 5.11 Å². The van der Waals surface area contributed by atoms with Crippen LogP contribution in [-0.4, -0.2) is 22.1 Å². The Morgan fingerprint density at radius 3 is 2.87 bits per heavy atom. The van der Waals surface area contributed by atoms with Crippen LogP contribution < -0.4 is 0 Å². The lowest BCUT2D eigenvalue weighted by Crippen LogP contribution is -2.14. The van der Waals surface area contributed by atoms with Gasteiger partial charge in [0.25, 0.3) is 0 Å². The second-order valence-corrected chi connectivity index (χ2v) is 6.01. The predicted octanol–water partition coefficient (Wildman–Crippen LogP) is 3.08. The summed E-state index contributed by atoms with van der Waals surface area (Å²) < 4.78 is 0. The van der Waals surface area contributed by atoms with Gasteiger partial charge in [-0.15, -0.1) is 0 Å².